The molecule has 0 fully saturated rings. The Bertz CT molecular complexity index is 1130. The molecule has 0 saturated carbocycles. The number of amides is 1. The van der Waals surface area contributed by atoms with Gasteiger partial charge in [0.1, 0.15) is 11.6 Å². The Morgan fingerprint density at radius 1 is 1.23 bits per heavy atom. The summed E-state index contributed by atoms with van der Waals surface area (Å²) in [7, 11) is 1.19. The van der Waals surface area contributed by atoms with Gasteiger partial charge < -0.3 is 14.8 Å². The first-order valence-corrected chi connectivity index (χ1v) is 10.0. The zero-order valence-corrected chi connectivity index (χ0v) is 17.6. The van der Waals surface area contributed by atoms with E-state index in [1.165, 1.54) is 30.6 Å². The molecular weight excluding hydrogens is 422 g/mol. The molecule has 0 aliphatic heterocycles. The summed E-state index contributed by atoms with van der Waals surface area (Å²) >= 11 is 1.30. The van der Waals surface area contributed by atoms with Crippen molar-refractivity contribution in [3.05, 3.63) is 79.8 Å². The van der Waals surface area contributed by atoms with Crippen LogP contribution < -0.4 is 10.1 Å². The van der Waals surface area contributed by atoms with E-state index in [4.69, 9.17) is 4.74 Å². The summed E-state index contributed by atoms with van der Waals surface area (Å²) in [4.78, 5) is 38.9. The quantitative estimate of drug-likeness (QED) is 0.320. The number of ether oxygens (including phenoxy) is 2. The number of carbonyl (C=O) groups is 2. The molecule has 3 rings (SSSR count). The normalized spacial score (nSPS) is 10.4. The second kappa shape index (κ2) is 9.81. The molecule has 0 aliphatic rings. The fourth-order valence-corrected chi connectivity index (χ4v) is 3.50. The number of aromatic nitrogens is 1. The molecule has 1 aromatic heterocycles. The van der Waals surface area contributed by atoms with Crippen LogP contribution >= 0.6 is 11.3 Å². The van der Waals surface area contributed by atoms with E-state index in [1.54, 1.807) is 5.38 Å². The summed E-state index contributed by atoms with van der Waals surface area (Å²) in [6.45, 7) is 1.89. The van der Waals surface area contributed by atoms with E-state index >= 15 is 0 Å². The molecule has 0 atom stereocenters. The second-order valence-electron chi connectivity index (χ2n) is 6.49. The van der Waals surface area contributed by atoms with Gasteiger partial charge in [0.05, 0.1) is 29.7 Å². The van der Waals surface area contributed by atoms with E-state index in [1.807, 2.05) is 31.2 Å². The third-order valence-electron chi connectivity index (χ3n) is 4.28. The lowest BCUT2D eigenvalue weighted by atomic mass is 10.2. The predicted octanol–water partition coefficient (Wildman–Crippen LogP) is 3.91. The molecule has 0 unspecified atom stereocenters. The Hall–Kier alpha value is -3.79. The van der Waals surface area contributed by atoms with Gasteiger partial charge in [0.2, 0.25) is 5.91 Å². The highest BCUT2D eigenvalue weighted by molar-refractivity contribution is 7.09. The smallest absolute Gasteiger partial charge is 0.338 e. The maximum absolute atomic E-state index is 12.3. The Labute approximate surface area is 181 Å². The fourth-order valence-electron chi connectivity index (χ4n) is 2.72. The van der Waals surface area contributed by atoms with Gasteiger partial charge in [0.25, 0.3) is 0 Å². The number of hydrogen-bond donors (Lipinski definition) is 1. The number of nitrogens with zero attached hydrogens (tertiary/aromatic N) is 2. The maximum atomic E-state index is 12.3. The predicted molar refractivity (Wildman–Crippen MR) is 114 cm³/mol. The molecule has 1 N–H and O–H groups in total. The van der Waals surface area contributed by atoms with E-state index in [-0.39, 0.29) is 35.9 Å². The van der Waals surface area contributed by atoms with Crippen molar-refractivity contribution in [2.45, 2.75) is 20.0 Å². The fraction of sp³-hybridized carbons (Fsp3) is 0.190. The third-order valence-corrected chi connectivity index (χ3v) is 5.18. The number of esters is 1. The van der Waals surface area contributed by atoms with Crippen LogP contribution in [0.2, 0.25) is 0 Å². The first kappa shape index (κ1) is 21.9. The van der Waals surface area contributed by atoms with E-state index in [9.17, 15) is 19.7 Å². The molecular formula is C21H19N3O6S. The van der Waals surface area contributed by atoms with Gasteiger partial charge in [-0.15, -0.1) is 11.3 Å². The number of nitrogens with one attached hydrogen (secondary N) is 1. The van der Waals surface area contributed by atoms with E-state index in [2.05, 4.69) is 15.0 Å². The molecule has 9 nitrogen and oxygen atoms in total. The van der Waals surface area contributed by atoms with Gasteiger partial charge in [-0.2, -0.15) is 0 Å². The molecule has 3 aromatic rings. The van der Waals surface area contributed by atoms with Crippen LogP contribution in [0.4, 0.5) is 11.4 Å². The van der Waals surface area contributed by atoms with Crippen LogP contribution in [0.5, 0.6) is 5.75 Å². The van der Waals surface area contributed by atoms with Crippen LogP contribution in [0.15, 0.2) is 47.8 Å². The lowest BCUT2D eigenvalue weighted by Crippen LogP contribution is -2.15. The van der Waals surface area contributed by atoms with Crippen molar-refractivity contribution in [3.63, 3.8) is 0 Å². The number of para-hydroxylation sites is 1. The Morgan fingerprint density at radius 3 is 2.71 bits per heavy atom. The minimum absolute atomic E-state index is 0.00417. The highest BCUT2D eigenvalue weighted by atomic mass is 32.1. The SMILES string of the molecule is COC(=O)c1ccc(OCc2csc(CC(=O)Nc3ccccc3C)n2)c([N+](=O)[O-])c1. The first-order chi connectivity index (χ1) is 14.9. The Kier molecular flexibility index (Phi) is 6.93. The number of thiazole rings is 1. The van der Waals surface area contributed by atoms with Crippen molar-refractivity contribution in [2.75, 3.05) is 12.4 Å². The molecule has 0 radical (unpaired) electrons. The van der Waals surface area contributed by atoms with Crippen molar-refractivity contribution >= 4 is 34.6 Å². The van der Waals surface area contributed by atoms with Gasteiger partial charge in [-0.05, 0) is 30.7 Å². The van der Waals surface area contributed by atoms with Crippen molar-refractivity contribution < 1.29 is 24.0 Å². The lowest BCUT2D eigenvalue weighted by molar-refractivity contribution is -0.386. The zero-order chi connectivity index (χ0) is 22.4. The van der Waals surface area contributed by atoms with Crippen LogP contribution in [0.3, 0.4) is 0 Å². The van der Waals surface area contributed by atoms with Crippen LogP contribution in [0, 0.1) is 17.0 Å². The van der Waals surface area contributed by atoms with Crippen LogP contribution in [-0.2, 0) is 22.6 Å². The number of anilines is 1. The van der Waals surface area contributed by atoms with E-state index in [0.717, 1.165) is 17.3 Å². The summed E-state index contributed by atoms with van der Waals surface area (Å²) < 4.78 is 10.1. The largest absolute Gasteiger partial charge is 0.480 e. The van der Waals surface area contributed by atoms with Gasteiger partial charge in [-0.25, -0.2) is 9.78 Å². The molecule has 2 aromatic carbocycles. The number of nitro groups is 1. The molecule has 1 heterocycles. The minimum atomic E-state index is -0.678. The number of carbonyl (C=O) groups excluding carboxylic acids is 2. The van der Waals surface area contributed by atoms with Crippen molar-refractivity contribution in [2.24, 2.45) is 0 Å². The van der Waals surface area contributed by atoms with E-state index in [0.29, 0.717) is 10.7 Å². The third kappa shape index (κ3) is 5.64. The maximum Gasteiger partial charge on any atom is 0.338 e. The highest BCUT2D eigenvalue weighted by Gasteiger charge is 2.20. The summed E-state index contributed by atoms with van der Waals surface area (Å²) in [5.74, 6) is -0.863. The monoisotopic (exact) mass is 441 g/mol. The molecule has 0 bridgehead atoms. The second-order valence-corrected chi connectivity index (χ2v) is 7.43. The summed E-state index contributed by atoms with van der Waals surface area (Å²) in [5.41, 5.74) is 1.95. The van der Waals surface area contributed by atoms with Crippen molar-refractivity contribution in [1.82, 2.24) is 4.98 Å². The molecule has 0 spiro atoms. The number of nitro benzene ring substituents is 1. The van der Waals surface area contributed by atoms with Gasteiger partial charge in [-0.3, -0.25) is 14.9 Å². The number of rotatable bonds is 8. The zero-order valence-electron chi connectivity index (χ0n) is 16.8. The van der Waals surface area contributed by atoms with Crippen molar-refractivity contribution in [3.8, 4) is 5.75 Å². The molecule has 0 saturated heterocycles. The average Bonchev–Trinajstić information content (AvgIpc) is 3.20. The molecule has 1 amide bonds. The highest BCUT2D eigenvalue weighted by Crippen LogP contribution is 2.29. The van der Waals surface area contributed by atoms with Gasteiger partial charge in [0.15, 0.2) is 5.75 Å². The number of aryl methyl sites for hydroxylation is 1. The Morgan fingerprint density at radius 2 is 2.00 bits per heavy atom. The van der Waals surface area contributed by atoms with Crippen LogP contribution in [0.1, 0.15) is 26.6 Å². The summed E-state index contributed by atoms with van der Waals surface area (Å²) in [6.07, 6.45) is 0.104. The van der Waals surface area contributed by atoms with Crippen molar-refractivity contribution in [1.29, 1.82) is 0 Å². The van der Waals surface area contributed by atoms with Gasteiger partial charge in [-0.1, -0.05) is 18.2 Å². The Balaban J connectivity index is 1.62. The standard InChI is InChI=1S/C21H19N3O6S/c1-13-5-3-4-6-16(13)23-19(25)10-20-22-15(12-31-20)11-30-18-8-7-14(21(26)29-2)9-17(18)24(27)28/h3-9,12H,10-11H2,1-2H3,(H,23,25). The number of hydrogen-bond acceptors (Lipinski definition) is 8. The summed E-state index contributed by atoms with van der Waals surface area (Å²) in [5, 5.41) is 16.5. The van der Waals surface area contributed by atoms with E-state index < -0.39 is 10.9 Å². The summed E-state index contributed by atoms with van der Waals surface area (Å²) in [6, 6.07) is 11.3. The minimum Gasteiger partial charge on any atom is -0.480 e. The first-order valence-electron chi connectivity index (χ1n) is 9.15. The van der Waals surface area contributed by atoms with Crippen LogP contribution in [0.25, 0.3) is 0 Å². The number of benzene rings is 2. The molecule has 0 aliphatic carbocycles. The van der Waals surface area contributed by atoms with Gasteiger partial charge in [0, 0.05) is 17.1 Å². The average molecular weight is 441 g/mol. The molecule has 31 heavy (non-hydrogen) atoms. The van der Waals surface area contributed by atoms with Crippen LogP contribution in [-0.4, -0.2) is 28.9 Å². The molecule has 10 heteroatoms. The number of methoxy groups -OCH3 is 1. The van der Waals surface area contributed by atoms with Gasteiger partial charge >= 0.3 is 11.7 Å². The lowest BCUT2D eigenvalue weighted by Gasteiger charge is -2.07. The topological polar surface area (TPSA) is 121 Å². The molecule has 160 valence electrons.